The minimum absolute atomic E-state index is 0.0179. The monoisotopic (exact) mass is 299 g/mol. The molecule has 1 saturated heterocycles. The van der Waals surface area contributed by atoms with E-state index in [1.807, 2.05) is 0 Å². The molecule has 1 aliphatic heterocycles. The molecule has 0 aromatic rings. The zero-order valence-corrected chi connectivity index (χ0v) is 13.0. The molecular formula is C14H25N3O4. The van der Waals surface area contributed by atoms with Crippen molar-refractivity contribution in [1.29, 1.82) is 0 Å². The Morgan fingerprint density at radius 2 is 2.10 bits per heavy atom. The van der Waals surface area contributed by atoms with Crippen LogP contribution in [0.3, 0.4) is 0 Å². The standard InChI is InChI=1S/C14H25N3O4/c1-4-21-14(20)11-6-5-7-17(8-11)12(18)9-16(3)13(19)10(2)15/h10-11H,4-9,15H2,1-3H3. The molecule has 2 amide bonds. The van der Waals surface area contributed by atoms with Crippen molar-refractivity contribution in [3.8, 4) is 0 Å². The molecule has 7 nitrogen and oxygen atoms in total. The highest BCUT2D eigenvalue weighted by Gasteiger charge is 2.30. The summed E-state index contributed by atoms with van der Waals surface area (Å²) in [5, 5.41) is 0. The van der Waals surface area contributed by atoms with Gasteiger partial charge in [0.2, 0.25) is 11.8 Å². The number of nitrogens with zero attached hydrogens (tertiary/aromatic N) is 2. The number of likely N-dealkylation sites (N-methyl/N-ethyl adjacent to an activating group) is 1. The van der Waals surface area contributed by atoms with Crippen LogP contribution in [0.2, 0.25) is 0 Å². The lowest BCUT2D eigenvalue weighted by molar-refractivity contribution is -0.152. The first-order chi connectivity index (χ1) is 9.86. The molecule has 1 heterocycles. The molecule has 2 N–H and O–H groups in total. The van der Waals surface area contributed by atoms with Crippen LogP contribution in [0.4, 0.5) is 0 Å². The maximum atomic E-state index is 12.2. The summed E-state index contributed by atoms with van der Waals surface area (Å²) in [6.45, 7) is 4.64. The van der Waals surface area contributed by atoms with Crippen LogP contribution in [0.25, 0.3) is 0 Å². The van der Waals surface area contributed by atoms with Gasteiger partial charge >= 0.3 is 5.97 Å². The van der Waals surface area contributed by atoms with Crippen LogP contribution in [0.15, 0.2) is 0 Å². The summed E-state index contributed by atoms with van der Waals surface area (Å²) in [6, 6.07) is -0.628. The number of likely N-dealkylation sites (tertiary alicyclic amines) is 1. The van der Waals surface area contributed by atoms with Crippen LogP contribution >= 0.6 is 0 Å². The van der Waals surface area contributed by atoms with Gasteiger partial charge in [-0.15, -0.1) is 0 Å². The van der Waals surface area contributed by atoms with Crippen molar-refractivity contribution in [2.45, 2.75) is 32.7 Å². The van der Waals surface area contributed by atoms with Gasteiger partial charge < -0.3 is 20.3 Å². The summed E-state index contributed by atoms with van der Waals surface area (Å²) in [6.07, 6.45) is 1.50. The Morgan fingerprint density at radius 1 is 1.43 bits per heavy atom. The number of nitrogens with two attached hydrogens (primary N) is 1. The average molecular weight is 299 g/mol. The van der Waals surface area contributed by atoms with Gasteiger partial charge in [-0.3, -0.25) is 14.4 Å². The van der Waals surface area contributed by atoms with Gasteiger partial charge in [0.25, 0.3) is 0 Å². The van der Waals surface area contributed by atoms with E-state index >= 15 is 0 Å². The SMILES string of the molecule is CCOC(=O)C1CCCN(C(=O)CN(C)C(=O)C(C)N)C1. The van der Waals surface area contributed by atoms with Crippen LogP contribution in [-0.2, 0) is 19.1 Å². The normalized spacial score (nSPS) is 19.8. The fraction of sp³-hybridized carbons (Fsp3) is 0.786. The summed E-state index contributed by atoms with van der Waals surface area (Å²) in [7, 11) is 1.55. The van der Waals surface area contributed by atoms with Crippen molar-refractivity contribution in [3.05, 3.63) is 0 Å². The van der Waals surface area contributed by atoms with Crippen LogP contribution in [-0.4, -0.2) is 66.9 Å². The molecular weight excluding hydrogens is 274 g/mol. The minimum Gasteiger partial charge on any atom is -0.466 e. The lowest BCUT2D eigenvalue weighted by atomic mass is 9.98. The second kappa shape index (κ2) is 7.97. The Balaban J connectivity index is 2.54. The number of carbonyl (C=O) groups excluding carboxylic acids is 3. The number of esters is 1. The molecule has 1 aliphatic rings. The van der Waals surface area contributed by atoms with Crippen LogP contribution in [0.5, 0.6) is 0 Å². The predicted molar refractivity (Wildman–Crippen MR) is 77.2 cm³/mol. The van der Waals surface area contributed by atoms with Gasteiger partial charge in [0.15, 0.2) is 0 Å². The summed E-state index contributed by atoms with van der Waals surface area (Å²) in [5.41, 5.74) is 5.51. The number of ether oxygens (including phenoxy) is 1. The smallest absolute Gasteiger partial charge is 0.310 e. The third-order valence-electron chi connectivity index (χ3n) is 3.53. The van der Waals surface area contributed by atoms with Gasteiger partial charge in [0.1, 0.15) is 0 Å². The zero-order chi connectivity index (χ0) is 16.0. The molecule has 0 aliphatic carbocycles. The van der Waals surface area contributed by atoms with E-state index in [9.17, 15) is 14.4 Å². The van der Waals surface area contributed by atoms with E-state index in [0.29, 0.717) is 19.7 Å². The van der Waals surface area contributed by atoms with E-state index in [4.69, 9.17) is 10.5 Å². The molecule has 7 heteroatoms. The quantitative estimate of drug-likeness (QED) is 0.697. The zero-order valence-electron chi connectivity index (χ0n) is 13.0. The molecule has 120 valence electrons. The fourth-order valence-electron chi connectivity index (χ4n) is 2.38. The maximum Gasteiger partial charge on any atom is 0.310 e. The highest BCUT2D eigenvalue weighted by atomic mass is 16.5. The van der Waals surface area contributed by atoms with E-state index in [2.05, 4.69) is 0 Å². The Bertz CT molecular complexity index is 398. The number of rotatable bonds is 5. The summed E-state index contributed by atoms with van der Waals surface area (Å²) in [4.78, 5) is 38.6. The van der Waals surface area contributed by atoms with Gasteiger partial charge in [0, 0.05) is 20.1 Å². The first kappa shape index (κ1) is 17.4. The Morgan fingerprint density at radius 3 is 2.67 bits per heavy atom. The molecule has 0 aromatic heterocycles. The van der Waals surface area contributed by atoms with E-state index in [-0.39, 0.29) is 30.2 Å². The number of hydrogen-bond acceptors (Lipinski definition) is 5. The lowest BCUT2D eigenvalue weighted by Crippen LogP contribution is -2.49. The second-order valence-electron chi connectivity index (χ2n) is 5.41. The van der Waals surface area contributed by atoms with Crippen molar-refractivity contribution < 1.29 is 19.1 Å². The molecule has 2 atom stereocenters. The summed E-state index contributed by atoms with van der Waals surface area (Å²) >= 11 is 0. The summed E-state index contributed by atoms with van der Waals surface area (Å²) < 4.78 is 5.00. The first-order valence-corrected chi connectivity index (χ1v) is 7.31. The molecule has 0 spiro atoms. The maximum absolute atomic E-state index is 12.2. The topological polar surface area (TPSA) is 92.9 Å². The molecule has 2 unspecified atom stereocenters. The molecule has 0 bridgehead atoms. The largest absolute Gasteiger partial charge is 0.466 e. The van der Waals surface area contributed by atoms with Crippen molar-refractivity contribution >= 4 is 17.8 Å². The van der Waals surface area contributed by atoms with E-state index in [1.165, 1.54) is 4.90 Å². The van der Waals surface area contributed by atoms with Crippen molar-refractivity contribution in [2.75, 3.05) is 33.3 Å². The van der Waals surface area contributed by atoms with Crippen molar-refractivity contribution in [3.63, 3.8) is 0 Å². The van der Waals surface area contributed by atoms with Gasteiger partial charge in [-0.2, -0.15) is 0 Å². The Labute approximate surface area is 125 Å². The third-order valence-corrected chi connectivity index (χ3v) is 3.53. The van der Waals surface area contributed by atoms with E-state index in [1.54, 1.807) is 25.8 Å². The molecule has 21 heavy (non-hydrogen) atoms. The Kier molecular flexibility index (Phi) is 6.61. The molecule has 0 saturated carbocycles. The van der Waals surface area contributed by atoms with E-state index < -0.39 is 6.04 Å². The van der Waals surface area contributed by atoms with Gasteiger partial charge in [-0.1, -0.05) is 0 Å². The van der Waals surface area contributed by atoms with Crippen molar-refractivity contribution in [1.82, 2.24) is 9.80 Å². The Hall–Kier alpha value is -1.63. The van der Waals surface area contributed by atoms with Gasteiger partial charge in [-0.25, -0.2) is 0 Å². The number of carbonyl (C=O) groups is 3. The van der Waals surface area contributed by atoms with E-state index in [0.717, 1.165) is 12.8 Å². The second-order valence-corrected chi connectivity index (χ2v) is 5.41. The number of amides is 2. The van der Waals surface area contributed by atoms with Gasteiger partial charge in [-0.05, 0) is 26.7 Å². The molecule has 1 fully saturated rings. The van der Waals surface area contributed by atoms with Crippen LogP contribution in [0, 0.1) is 5.92 Å². The molecule has 0 radical (unpaired) electrons. The first-order valence-electron chi connectivity index (χ1n) is 7.31. The van der Waals surface area contributed by atoms with Crippen LogP contribution < -0.4 is 5.73 Å². The predicted octanol–water partition coefficient (Wildman–Crippen LogP) is -0.406. The fourth-order valence-corrected chi connectivity index (χ4v) is 2.38. The summed E-state index contributed by atoms with van der Waals surface area (Å²) in [5.74, 6) is -0.963. The van der Waals surface area contributed by atoms with Crippen molar-refractivity contribution in [2.24, 2.45) is 11.7 Å². The van der Waals surface area contributed by atoms with Crippen LogP contribution in [0.1, 0.15) is 26.7 Å². The number of piperidine rings is 1. The molecule has 1 rings (SSSR count). The minimum atomic E-state index is -0.628. The van der Waals surface area contributed by atoms with Gasteiger partial charge in [0.05, 0.1) is 25.1 Å². The average Bonchev–Trinajstić information content (AvgIpc) is 2.46. The highest BCUT2D eigenvalue weighted by molar-refractivity contribution is 5.87. The highest BCUT2D eigenvalue weighted by Crippen LogP contribution is 2.18. The third kappa shape index (κ3) is 5.00. The number of hydrogen-bond donors (Lipinski definition) is 1. The lowest BCUT2D eigenvalue weighted by Gasteiger charge is -2.32. The molecule has 0 aromatic carbocycles.